The number of benzene rings is 2. The van der Waals surface area contributed by atoms with Gasteiger partial charge in [-0.25, -0.2) is 5.01 Å². The van der Waals surface area contributed by atoms with Crippen LogP contribution < -0.4 is 0 Å². The third-order valence-electron chi connectivity index (χ3n) is 6.17. The molecule has 2 atom stereocenters. The van der Waals surface area contributed by atoms with Crippen molar-refractivity contribution in [2.24, 2.45) is 11.8 Å². The fourth-order valence-electron chi connectivity index (χ4n) is 4.14. The molecule has 0 saturated carbocycles. The SMILES string of the molecule is Cc1ccc(C(=O)CN(C(=O)c2ccc(Cl)cc2)N2C(=O)[C@H]3CC=CC[C@@H]3C2=O)cc1C. The molecule has 7 heteroatoms. The van der Waals surface area contributed by atoms with Crippen LogP contribution in [0.3, 0.4) is 0 Å². The zero-order chi connectivity index (χ0) is 23.0. The van der Waals surface area contributed by atoms with Crippen molar-refractivity contribution in [3.63, 3.8) is 0 Å². The number of hydrogen-bond acceptors (Lipinski definition) is 4. The van der Waals surface area contributed by atoms with Gasteiger partial charge >= 0.3 is 0 Å². The Labute approximate surface area is 191 Å². The highest BCUT2D eigenvalue weighted by Gasteiger charge is 2.51. The number of carbonyl (C=O) groups is 4. The number of Topliss-reactive ketones (excluding diaryl/α,β-unsaturated/α-hetero) is 1. The highest BCUT2D eigenvalue weighted by molar-refractivity contribution is 6.30. The largest absolute Gasteiger partial charge is 0.292 e. The smallest absolute Gasteiger partial charge is 0.273 e. The molecule has 1 aliphatic heterocycles. The molecule has 1 heterocycles. The molecule has 1 saturated heterocycles. The Morgan fingerprint density at radius 1 is 0.906 bits per heavy atom. The number of hydrazine groups is 1. The molecule has 0 aromatic heterocycles. The molecule has 32 heavy (non-hydrogen) atoms. The molecular formula is C25H23ClN2O4. The van der Waals surface area contributed by atoms with Gasteiger partial charge < -0.3 is 0 Å². The summed E-state index contributed by atoms with van der Waals surface area (Å²) in [5.74, 6) is -2.87. The zero-order valence-electron chi connectivity index (χ0n) is 17.9. The van der Waals surface area contributed by atoms with E-state index >= 15 is 0 Å². The summed E-state index contributed by atoms with van der Waals surface area (Å²) in [5, 5.41) is 2.33. The van der Waals surface area contributed by atoms with Crippen molar-refractivity contribution in [2.45, 2.75) is 26.7 Å². The van der Waals surface area contributed by atoms with E-state index in [1.54, 1.807) is 24.3 Å². The van der Waals surface area contributed by atoms with Crippen LogP contribution in [0.1, 0.15) is 44.7 Å². The molecule has 1 fully saturated rings. The third kappa shape index (κ3) is 3.98. The summed E-state index contributed by atoms with van der Waals surface area (Å²) >= 11 is 5.94. The van der Waals surface area contributed by atoms with E-state index in [-0.39, 0.29) is 11.3 Å². The Morgan fingerprint density at radius 3 is 2.03 bits per heavy atom. The van der Waals surface area contributed by atoms with Gasteiger partial charge in [-0.2, -0.15) is 5.01 Å². The molecule has 0 bridgehead atoms. The van der Waals surface area contributed by atoms with Gasteiger partial charge in [-0.1, -0.05) is 35.9 Å². The topological polar surface area (TPSA) is 74.8 Å². The quantitative estimate of drug-likeness (QED) is 0.389. The Balaban J connectivity index is 1.69. The maximum atomic E-state index is 13.4. The van der Waals surface area contributed by atoms with E-state index in [0.717, 1.165) is 21.1 Å². The summed E-state index contributed by atoms with van der Waals surface area (Å²) in [7, 11) is 0. The number of ketones is 1. The van der Waals surface area contributed by atoms with Gasteiger partial charge in [0.25, 0.3) is 17.7 Å². The molecule has 3 amide bonds. The van der Waals surface area contributed by atoms with E-state index in [2.05, 4.69) is 0 Å². The number of halogens is 1. The number of amides is 3. The summed E-state index contributed by atoms with van der Waals surface area (Å²) < 4.78 is 0. The molecule has 1 aliphatic carbocycles. The predicted octanol–water partition coefficient (Wildman–Crippen LogP) is 4.15. The highest BCUT2D eigenvalue weighted by Crippen LogP contribution is 2.36. The van der Waals surface area contributed by atoms with Crippen LogP contribution in [-0.2, 0) is 9.59 Å². The van der Waals surface area contributed by atoms with Crippen LogP contribution in [-0.4, -0.2) is 40.1 Å². The Kier molecular flexibility index (Phi) is 5.98. The number of imide groups is 1. The molecule has 0 N–H and O–H groups in total. The number of aryl methyl sites for hydroxylation is 2. The van der Waals surface area contributed by atoms with Crippen LogP contribution in [0.5, 0.6) is 0 Å². The molecule has 0 radical (unpaired) electrons. The summed E-state index contributed by atoms with van der Waals surface area (Å²) in [6, 6.07) is 11.4. The van der Waals surface area contributed by atoms with Crippen LogP contribution in [0.15, 0.2) is 54.6 Å². The summed E-state index contributed by atoms with van der Waals surface area (Å²) in [5.41, 5.74) is 2.63. The number of carbonyl (C=O) groups excluding carboxylic acids is 4. The molecule has 0 spiro atoms. The second-order valence-corrected chi connectivity index (χ2v) is 8.67. The number of rotatable bonds is 5. The summed E-state index contributed by atoms with van der Waals surface area (Å²) in [6.07, 6.45) is 4.64. The Bertz CT molecular complexity index is 1110. The van der Waals surface area contributed by atoms with Gasteiger partial charge in [-0.3, -0.25) is 19.2 Å². The lowest BCUT2D eigenvalue weighted by Gasteiger charge is -2.30. The first-order valence-corrected chi connectivity index (χ1v) is 10.9. The summed E-state index contributed by atoms with van der Waals surface area (Å²) in [6.45, 7) is 3.42. The van der Waals surface area contributed by atoms with Crippen LogP contribution in [0.2, 0.25) is 5.02 Å². The fraction of sp³-hybridized carbons (Fsp3) is 0.280. The molecule has 164 valence electrons. The second-order valence-electron chi connectivity index (χ2n) is 8.24. The monoisotopic (exact) mass is 450 g/mol. The molecule has 6 nitrogen and oxygen atoms in total. The first-order valence-electron chi connectivity index (χ1n) is 10.5. The van der Waals surface area contributed by atoms with Crippen molar-refractivity contribution in [3.05, 3.63) is 81.9 Å². The van der Waals surface area contributed by atoms with Crippen molar-refractivity contribution in [2.75, 3.05) is 6.54 Å². The van der Waals surface area contributed by atoms with E-state index in [9.17, 15) is 19.2 Å². The van der Waals surface area contributed by atoms with Crippen LogP contribution >= 0.6 is 11.6 Å². The second kappa shape index (κ2) is 8.71. The number of allylic oxidation sites excluding steroid dienone is 2. The number of hydrogen-bond donors (Lipinski definition) is 0. The van der Waals surface area contributed by atoms with Gasteiger partial charge in [-0.05, 0) is 68.1 Å². The van der Waals surface area contributed by atoms with E-state index < -0.39 is 36.1 Å². The third-order valence-corrected chi connectivity index (χ3v) is 6.43. The number of fused-ring (bicyclic) bond motifs is 1. The maximum absolute atomic E-state index is 13.4. The van der Waals surface area contributed by atoms with Gasteiger partial charge in [0.1, 0.15) is 6.54 Å². The lowest BCUT2D eigenvalue weighted by molar-refractivity contribution is -0.154. The molecule has 2 aromatic carbocycles. The molecule has 4 rings (SSSR count). The Morgan fingerprint density at radius 2 is 1.47 bits per heavy atom. The van der Waals surface area contributed by atoms with E-state index in [1.165, 1.54) is 12.1 Å². The minimum absolute atomic E-state index is 0.232. The average Bonchev–Trinajstić information content (AvgIpc) is 3.04. The number of nitrogens with zero attached hydrogens (tertiary/aromatic N) is 2. The van der Waals surface area contributed by atoms with Crippen molar-refractivity contribution in [3.8, 4) is 0 Å². The lowest BCUT2D eigenvalue weighted by atomic mass is 9.85. The lowest BCUT2D eigenvalue weighted by Crippen LogP contribution is -2.52. The zero-order valence-corrected chi connectivity index (χ0v) is 18.6. The van der Waals surface area contributed by atoms with Gasteiger partial charge in [0.2, 0.25) is 0 Å². The van der Waals surface area contributed by atoms with Crippen molar-refractivity contribution >= 4 is 35.1 Å². The fourth-order valence-corrected chi connectivity index (χ4v) is 4.26. The van der Waals surface area contributed by atoms with Gasteiger partial charge in [0, 0.05) is 16.1 Å². The highest BCUT2D eigenvalue weighted by atomic mass is 35.5. The van der Waals surface area contributed by atoms with Crippen LogP contribution in [0.25, 0.3) is 0 Å². The standard InChI is InChI=1S/C25H23ClN2O4/c1-15-7-8-18(13-16(15)2)22(29)14-27(23(30)17-9-11-19(26)12-10-17)28-24(31)20-5-3-4-6-21(20)25(28)32/h3-4,7-13,20-21H,5-6,14H2,1-2H3/t20-,21-/m0/s1. The van der Waals surface area contributed by atoms with E-state index in [0.29, 0.717) is 23.4 Å². The van der Waals surface area contributed by atoms with Crippen molar-refractivity contribution < 1.29 is 19.2 Å². The average molecular weight is 451 g/mol. The summed E-state index contributed by atoms with van der Waals surface area (Å²) in [4.78, 5) is 52.8. The van der Waals surface area contributed by atoms with Gasteiger partial charge in [0.05, 0.1) is 11.8 Å². The minimum Gasteiger partial charge on any atom is -0.292 e. The van der Waals surface area contributed by atoms with Crippen molar-refractivity contribution in [1.82, 2.24) is 10.0 Å². The normalized spacial score (nSPS) is 19.8. The minimum atomic E-state index is -0.604. The van der Waals surface area contributed by atoms with E-state index in [1.807, 2.05) is 32.1 Å². The van der Waals surface area contributed by atoms with Crippen molar-refractivity contribution in [1.29, 1.82) is 0 Å². The van der Waals surface area contributed by atoms with Crippen LogP contribution in [0, 0.1) is 25.7 Å². The Hall–Kier alpha value is -3.25. The first kappa shape index (κ1) is 22.0. The first-order chi connectivity index (χ1) is 15.3. The van der Waals surface area contributed by atoms with Gasteiger partial charge in [0.15, 0.2) is 5.78 Å². The predicted molar refractivity (Wildman–Crippen MR) is 120 cm³/mol. The molecule has 2 aliphatic rings. The van der Waals surface area contributed by atoms with E-state index in [4.69, 9.17) is 11.6 Å². The van der Waals surface area contributed by atoms with Gasteiger partial charge in [-0.15, -0.1) is 0 Å². The molecule has 2 aromatic rings. The molecular weight excluding hydrogens is 428 g/mol. The molecule has 0 unspecified atom stereocenters. The maximum Gasteiger partial charge on any atom is 0.273 e. The van der Waals surface area contributed by atoms with Crippen LogP contribution in [0.4, 0.5) is 0 Å².